The van der Waals surface area contributed by atoms with Crippen molar-refractivity contribution < 1.29 is 4.79 Å². The quantitative estimate of drug-likeness (QED) is 0.590. The van der Waals surface area contributed by atoms with E-state index in [0.717, 1.165) is 18.5 Å². The van der Waals surface area contributed by atoms with Crippen LogP contribution in [0.1, 0.15) is 64.7 Å². The molecule has 0 aliphatic rings. The van der Waals surface area contributed by atoms with Crippen LogP contribution < -0.4 is 11.1 Å². The summed E-state index contributed by atoms with van der Waals surface area (Å²) in [6, 6.07) is 9.51. The SMILES string of the molecule is CCCCCCCCCC(N)CC(=O)Nc1ccccc1. The fraction of sp³-hybridized carbons (Fsp3) is 0.611. The van der Waals surface area contributed by atoms with Crippen molar-refractivity contribution in [1.29, 1.82) is 0 Å². The summed E-state index contributed by atoms with van der Waals surface area (Å²) in [6.45, 7) is 2.24. The number of amides is 1. The highest BCUT2D eigenvalue weighted by molar-refractivity contribution is 5.90. The molecule has 0 heterocycles. The van der Waals surface area contributed by atoms with Crippen molar-refractivity contribution in [3.63, 3.8) is 0 Å². The first-order valence-corrected chi connectivity index (χ1v) is 8.33. The largest absolute Gasteiger partial charge is 0.327 e. The zero-order valence-corrected chi connectivity index (χ0v) is 13.3. The van der Waals surface area contributed by atoms with Crippen LogP contribution in [-0.4, -0.2) is 11.9 Å². The van der Waals surface area contributed by atoms with Crippen molar-refractivity contribution in [3.8, 4) is 0 Å². The Morgan fingerprint density at radius 1 is 1.05 bits per heavy atom. The highest BCUT2D eigenvalue weighted by Crippen LogP contribution is 2.11. The van der Waals surface area contributed by atoms with Gasteiger partial charge in [-0.05, 0) is 18.6 Å². The van der Waals surface area contributed by atoms with Crippen LogP contribution in [0.3, 0.4) is 0 Å². The molecule has 3 nitrogen and oxygen atoms in total. The molecular formula is C18H30N2O. The second kappa shape index (κ2) is 11.3. The molecule has 0 saturated heterocycles. The number of hydrogen-bond donors (Lipinski definition) is 2. The number of carbonyl (C=O) groups is 1. The van der Waals surface area contributed by atoms with Gasteiger partial charge < -0.3 is 11.1 Å². The number of hydrogen-bond acceptors (Lipinski definition) is 2. The normalized spacial score (nSPS) is 12.1. The summed E-state index contributed by atoms with van der Waals surface area (Å²) in [6.07, 6.45) is 10.3. The molecule has 1 aromatic carbocycles. The zero-order valence-electron chi connectivity index (χ0n) is 13.3. The third-order valence-electron chi connectivity index (χ3n) is 3.68. The average Bonchev–Trinajstić information content (AvgIpc) is 2.47. The van der Waals surface area contributed by atoms with Crippen molar-refractivity contribution in [2.75, 3.05) is 5.32 Å². The Morgan fingerprint density at radius 2 is 1.67 bits per heavy atom. The summed E-state index contributed by atoms with van der Waals surface area (Å²) in [5.41, 5.74) is 6.87. The highest BCUT2D eigenvalue weighted by atomic mass is 16.1. The number of unbranched alkanes of at least 4 members (excludes halogenated alkanes) is 6. The molecule has 0 aromatic heterocycles. The maximum Gasteiger partial charge on any atom is 0.225 e. The van der Waals surface area contributed by atoms with Gasteiger partial charge in [-0.15, -0.1) is 0 Å². The molecule has 1 atom stereocenters. The predicted octanol–water partition coefficient (Wildman–Crippen LogP) is 4.48. The zero-order chi connectivity index (χ0) is 15.3. The summed E-state index contributed by atoms with van der Waals surface area (Å²) < 4.78 is 0. The number of nitrogens with two attached hydrogens (primary N) is 1. The van der Waals surface area contributed by atoms with Gasteiger partial charge in [0.05, 0.1) is 0 Å². The molecule has 0 bridgehead atoms. The molecule has 1 aromatic rings. The minimum absolute atomic E-state index is 0.0108. The van der Waals surface area contributed by atoms with Crippen LogP contribution in [0.2, 0.25) is 0 Å². The molecule has 0 spiro atoms. The molecule has 0 radical (unpaired) electrons. The van der Waals surface area contributed by atoms with E-state index in [1.54, 1.807) is 0 Å². The smallest absolute Gasteiger partial charge is 0.225 e. The van der Waals surface area contributed by atoms with E-state index < -0.39 is 0 Å². The molecule has 1 unspecified atom stereocenters. The van der Waals surface area contributed by atoms with Crippen LogP contribution in [0, 0.1) is 0 Å². The molecule has 1 rings (SSSR count). The van der Waals surface area contributed by atoms with Gasteiger partial charge in [-0.1, -0.05) is 70.1 Å². The van der Waals surface area contributed by atoms with Crippen molar-refractivity contribution in [1.82, 2.24) is 0 Å². The molecule has 3 heteroatoms. The topological polar surface area (TPSA) is 55.1 Å². The Labute approximate surface area is 129 Å². The number of rotatable bonds is 11. The fourth-order valence-corrected chi connectivity index (χ4v) is 2.44. The van der Waals surface area contributed by atoms with Gasteiger partial charge >= 0.3 is 0 Å². The van der Waals surface area contributed by atoms with Gasteiger partial charge in [0.15, 0.2) is 0 Å². The molecule has 0 saturated carbocycles. The van der Waals surface area contributed by atoms with Crippen molar-refractivity contribution >= 4 is 11.6 Å². The third kappa shape index (κ3) is 9.24. The van der Waals surface area contributed by atoms with E-state index >= 15 is 0 Å². The number of benzene rings is 1. The maximum atomic E-state index is 11.8. The fourth-order valence-electron chi connectivity index (χ4n) is 2.44. The minimum Gasteiger partial charge on any atom is -0.327 e. The van der Waals surface area contributed by atoms with Gasteiger partial charge in [0.2, 0.25) is 5.91 Å². The van der Waals surface area contributed by atoms with Gasteiger partial charge in [0, 0.05) is 18.2 Å². The molecule has 21 heavy (non-hydrogen) atoms. The van der Waals surface area contributed by atoms with E-state index in [9.17, 15) is 4.79 Å². The standard InChI is InChI=1S/C18H30N2O/c1-2-3-4-5-6-7-9-12-16(19)15-18(21)20-17-13-10-8-11-14-17/h8,10-11,13-14,16H,2-7,9,12,15,19H2,1H3,(H,20,21). The summed E-state index contributed by atoms with van der Waals surface area (Å²) in [4.78, 5) is 11.8. The van der Waals surface area contributed by atoms with Gasteiger partial charge in [-0.2, -0.15) is 0 Å². The lowest BCUT2D eigenvalue weighted by Gasteiger charge is -2.11. The first-order valence-electron chi connectivity index (χ1n) is 8.33. The predicted molar refractivity (Wildman–Crippen MR) is 90.3 cm³/mol. The van der Waals surface area contributed by atoms with Gasteiger partial charge in [-0.3, -0.25) is 4.79 Å². The summed E-state index contributed by atoms with van der Waals surface area (Å²) in [5, 5.41) is 2.88. The van der Waals surface area contributed by atoms with E-state index in [1.165, 1.54) is 38.5 Å². The van der Waals surface area contributed by atoms with Gasteiger partial charge in [0.25, 0.3) is 0 Å². The Bertz CT molecular complexity index is 378. The highest BCUT2D eigenvalue weighted by Gasteiger charge is 2.09. The first-order chi connectivity index (χ1) is 10.2. The van der Waals surface area contributed by atoms with E-state index in [1.807, 2.05) is 30.3 Å². The molecule has 0 aliphatic heterocycles. The molecule has 0 fully saturated rings. The Morgan fingerprint density at radius 3 is 2.33 bits per heavy atom. The summed E-state index contributed by atoms with van der Waals surface area (Å²) in [5.74, 6) is 0.0108. The van der Waals surface area contributed by atoms with Gasteiger partial charge in [-0.25, -0.2) is 0 Å². The lowest BCUT2D eigenvalue weighted by atomic mass is 10.0. The number of carbonyl (C=O) groups excluding carboxylic acids is 1. The van der Waals surface area contributed by atoms with Crippen LogP contribution in [-0.2, 0) is 4.79 Å². The minimum atomic E-state index is -0.0237. The third-order valence-corrected chi connectivity index (χ3v) is 3.68. The molecular weight excluding hydrogens is 260 g/mol. The van der Waals surface area contributed by atoms with E-state index in [-0.39, 0.29) is 11.9 Å². The Kier molecular flexibility index (Phi) is 9.55. The molecule has 118 valence electrons. The summed E-state index contributed by atoms with van der Waals surface area (Å²) >= 11 is 0. The second-order valence-corrected chi connectivity index (χ2v) is 5.79. The van der Waals surface area contributed by atoms with Crippen molar-refractivity contribution in [2.45, 2.75) is 70.8 Å². The number of anilines is 1. The van der Waals surface area contributed by atoms with Crippen LogP contribution in [0.15, 0.2) is 30.3 Å². The lowest BCUT2D eigenvalue weighted by molar-refractivity contribution is -0.116. The van der Waals surface area contributed by atoms with Crippen LogP contribution >= 0.6 is 0 Å². The van der Waals surface area contributed by atoms with Crippen molar-refractivity contribution in [3.05, 3.63) is 30.3 Å². The van der Waals surface area contributed by atoms with Crippen LogP contribution in [0.25, 0.3) is 0 Å². The van der Waals surface area contributed by atoms with Crippen LogP contribution in [0.4, 0.5) is 5.69 Å². The maximum absolute atomic E-state index is 11.8. The Hall–Kier alpha value is -1.35. The summed E-state index contributed by atoms with van der Waals surface area (Å²) in [7, 11) is 0. The molecule has 0 aliphatic carbocycles. The van der Waals surface area contributed by atoms with Crippen molar-refractivity contribution in [2.24, 2.45) is 5.73 Å². The molecule has 3 N–H and O–H groups in total. The first kappa shape index (κ1) is 17.7. The molecule has 1 amide bonds. The monoisotopic (exact) mass is 290 g/mol. The van der Waals surface area contributed by atoms with E-state index in [2.05, 4.69) is 12.2 Å². The van der Waals surface area contributed by atoms with E-state index in [0.29, 0.717) is 6.42 Å². The van der Waals surface area contributed by atoms with E-state index in [4.69, 9.17) is 5.73 Å². The Balaban J connectivity index is 2.05. The number of nitrogens with one attached hydrogen (secondary N) is 1. The average molecular weight is 290 g/mol. The van der Waals surface area contributed by atoms with Gasteiger partial charge in [0.1, 0.15) is 0 Å². The second-order valence-electron chi connectivity index (χ2n) is 5.79. The van der Waals surface area contributed by atoms with Crippen LogP contribution in [0.5, 0.6) is 0 Å². The number of para-hydroxylation sites is 1. The lowest BCUT2D eigenvalue weighted by Crippen LogP contribution is -2.27.